The minimum Gasteiger partial charge on any atom is -0.467 e. The summed E-state index contributed by atoms with van der Waals surface area (Å²) in [6.07, 6.45) is -2.99. The Labute approximate surface area is 182 Å². The first-order chi connectivity index (χ1) is 14.2. The third-order valence-electron chi connectivity index (χ3n) is 4.58. The van der Waals surface area contributed by atoms with Gasteiger partial charge >= 0.3 is 6.18 Å². The maximum atomic E-state index is 12.9. The number of hydrogen-bond donors (Lipinski definition) is 2. The first-order valence-electron chi connectivity index (χ1n) is 9.16. The smallest absolute Gasteiger partial charge is 0.417 e. The summed E-state index contributed by atoms with van der Waals surface area (Å²) in [6.45, 7) is 3.04. The van der Waals surface area contributed by atoms with Gasteiger partial charge in [0.25, 0.3) is 0 Å². The molecule has 1 aliphatic rings. The summed E-state index contributed by atoms with van der Waals surface area (Å²) < 4.78 is 44.1. The number of carbonyl (C=O) groups is 1. The number of rotatable bonds is 5. The minimum atomic E-state index is -4.59. The van der Waals surface area contributed by atoms with E-state index in [4.69, 9.17) is 28.2 Å². The molecule has 0 spiro atoms. The highest BCUT2D eigenvalue weighted by molar-refractivity contribution is 7.80. The van der Waals surface area contributed by atoms with Crippen LogP contribution in [-0.2, 0) is 17.5 Å². The molecule has 162 valence electrons. The second kappa shape index (κ2) is 9.67. The Balaban J connectivity index is 1.44. The predicted molar refractivity (Wildman–Crippen MR) is 111 cm³/mol. The number of furan rings is 1. The standard InChI is InChI=1S/C19H20ClF3N4O2S/c20-16-4-3-13(10-15(16)19(21,22)23)25-17(28)12-26-5-7-27(8-6-26)18(30)24-11-14-2-1-9-29-14/h1-4,9-10H,5-8,11-12H2,(H,24,30)(H,25,28). The highest BCUT2D eigenvalue weighted by Crippen LogP contribution is 2.36. The van der Waals surface area contributed by atoms with Crippen molar-refractivity contribution in [2.45, 2.75) is 12.7 Å². The average Bonchev–Trinajstić information content (AvgIpc) is 3.21. The van der Waals surface area contributed by atoms with Crippen LogP contribution < -0.4 is 10.6 Å². The van der Waals surface area contributed by atoms with Gasteiger partial charge in [-0.2, -0.15) is 13.2 Å². The van der Waals surface area contributed by atoms with Gasteiger partial charge in [0.05, 0.1) is 29.9 Å². The van der Waals surface area contributed by atoms with E-state index >= 15 is 0 Å². The molecule has 1 aromatic carbocycles. The zero-order valence-corrected chi connectivity index (χ0v) is 17.4. The Kier molecular flexibility index (Phi) is 7.22. The Bertz CT molecular complexity index is 884. The van der Waals surface area contributed by atoms with Gasteiger partial charge in [-0.25, -0.2) is 0 Å². The topological polar surface area (TPSA) is 60.8 Å². The van der Waals surface area contributed by atoms with Crippen molar-refractivity contribution in [1.29, 1.82) is 0 Å². The maximum Gasteiger partial charge on any atom is 0.417 e. The number of anilines is 1. The van der Waals surface area contributed by atoms with Gasteiger partial charge in [0.15, 0.2) is 5.11 Å². The molecule has 0 atom stereocenters. The number of alkyl halides is 3. The molecule has 1 aliphatic heterocycles. The molecule has 0 radical (unpaired) electrons. The van der Waals surface area contributed by atoms with E-state index < -0.39 is 22.7 Å². The first kappa shape index (κ1) is 22.4. The Morgan fingerprint density at radius 3 is 2.57 bits per heavy atom. The van der Waals surface area contributed by atoms with Crippen molar-refractivity contribution in [2.75, 3.05) is 38.0 Å². The van der Waals surface area contributed by atoms with Gasteiger partial charge in [0, 0.05) is 31.9 Å². The fraction of sp³-hybridized carbons (Fsp3) is 0.368. The molecule has 30 heavy (non-hydrogen) atoms. The number of halogens is 4. The minimum absolute atomic E-state index is 0.0543. The molecule has 2 N–H and O–H groups in total. The van der Waals surface area contributed by atoms with Crippen LogP contribution in [0.2, 0.25) is 5.02 Å². The SMILES string of the molecule is O=C(CN1CCN(C(=S)NCc2ccco2)CC1)Nc1ccc(Cl)c(C(F)(F)F)c1. The fourth-order valence-electron chi connectivity index (χ4n) is 3.02. The van der Waals surface area contributed by atoms with E-state index in [1.807, 2.05) is 15.9 Å². The summed E-state index contributed by atoms with van der Waals surface area (Å²) in [4.78, 5) is 16.2. The molecule has 2 heterocycles. The number of benzene rings is 1. The normalized spacial score (nSPS) is 15.1. The second-order valence-electron chi connectivity index (χ2n) is 6.74. The van der Waals surface area contributed by atoms with Crippen LogP contribution in [-0.4, -0.2) is 53.5 Å². The van der Waals surface area contributed by atoms with Crippen molar-refractivity contribution in [3.05, 3.63) is 52.9 Å². The van der Waals surface area contributed by atoms with E-state index in [2.05, 4.69) is 10.6 Å². The van der Waals surface area contributed by atoms with E-state index in [0.717, 1.165) is 17.9 Å². The highest BCUT2D eigenvalue weighted by Gasteiger charge is 2.33. The van der Waals surface area contributed by atoms with Gasteiger partial charge in [-0.3, -0.25) is 9.69 Å². The van der Waals surface area contributed by atoms with Crippen molar-refractivity contribution in [3.8, 4) is 0 Å². The van der Waals surface area contributed by atoms with Crippen LogP contribution in [0, 0.1) is 0 Å². The number of carbonyl (C=O) groups excluding carboxylic acids is 1. The van der Waals surface area contributed by atoms with Crippen LogP contribution in [0.4, 0.5) is 18.9 Å². The monoisotopic (exact) mass is 460 g/mol. The first-order valence-corrected chi connectivity index (χ1v) is 9.95. The van der Waals surface area contributed by atoms with Crippen LogP contribution >= 0.6 is 23.8 Å². The zero-order chi connectivity index (χ0) is 21.7. The molecule has 1 amide bonds. The van der Waals surface area contributed by atoms with Gasteiger partial charge in [-0.15, -0.1) is 0 Å². The van der Waals surface area contributed by atoms with Crippen molar-refractivity contribution in [1.82, 2.24) is 15.1 Å². The van der Waals surface area contributed by atoms with Crippen LogP contribution in [0.15, 0.2) is 41.0 Å². The highest BCUT2D eigenvalue weighted by atomic mass is 35.5. The fourth-order valence-corrected chi connectivity index (χ4v) is 3.50. The molecule has 11 heteroatoms. The van der Waals surface area contributed by atoms with Crippen molar-refractivity contribution in [3.63, 3.8) is 0 Å². The predicted octanol–water partition coefficient (Wildman–Crippen LogP) is 3.58. The van der Waals surface area contributed by atoms with E-state index in [1.165, 1.54) is 6.07 Å². The molecule has 0 bridgehead atoms. The second-order valence-corrected chi connectivity index (χ2v) is 7.54. The van der Waals surface area contributed by atoms with Crippen LogP contribution in [0.5, 0.6) is 0 Å². The Hall–Kier alpha value is -2.30. The molecule has 1 saturated heterocycles. The van der Waals surface area contributed by atoms with Crippen LogP contribution in [0.1, 0.15) is 11.3 Å². The van der Waals surface area contributed by atoms with Gasteiger partial charge in [0.1, 0.15) is 5.76 Å². The van der Waals surface area contributed by atoms with Crippen molar-refractivity contribution >= 4 is 40.5 Å². The average molecular weight is 461 g/mol. The molecule has 1 aromatic heterocycles. The van der Waals surface area contributed by atoms with Crippen LogP contribution in [0.25, 0.3) is 0 Å². The number of hydrogen-bond acceptors (Lipinski definition) is 4. The summed E-state index contributed by atoms with van der Waals surface area (Å²) >= 11 is 11.0. The molecular weight excluding hydrogens is 441 g/mol. The number of piperazine rings is 1. The lowest BCUT2D eigenvalue weighted by molar-refractivity contribution is -0.137. The van der Waals surface area contributed by atoms with Gasteiger partial charge in [-0.1, -0.05) is 11.6 Å². The molecule has 6 nitrogen and oxygen atoms in total. The van der Waals surface area contributed by atoms with E-state index in [-0.39, 0.29) is 12.2 Å². The number of thiocarbonyl (C=S) groups is 1. The van der Waals surface area contributed by atoms with Crippen LogP contribution in [0.3, 0.4) is 0 Å². The molecule has 0 saturated carbocycles. The number of amides is 1. The quantitative estimate of drug-likeness (QED) is 0.665. The van der Waals surface area contributed by atoms with E-state index in [9.17, 15) is 18.0 Å². The van der Waals surface area contributed by atoms with Crippen molar-refractivity contribution in [2.24, 2.45) is 0 Å². The molecule has 2 aromatic rings. The summed E-state index contributed by atoms with van der Waals surface area (Å²) in [5, 5.41) is 5.82. The molecule has 0 unspecified atom stereocenters. The van der Waals surface area contributed by atoms with Crippen molar-refractivity contribution < 1.29 is 22.4 Å². The Morgan fingerprint density at radius 1 is 1.20 bits per heavy atom. The van der Waals surface area contributed by atoms with Gasteiger partial charge in [0.2, 0.25) is 5.91 Å². The number of nitrogens with zero attached hydrogens (tertiary/aromatic N) is 2. The largest absolute Gasteiger partial charge is 0.467 e. The summed E-state index contributed by atoms with van der Waals surface area (Å²) in [5.74, 6) is 0.390. The number of nitrogens with one attached hydrogen (secondary N) is 2. The third kappa shape index (κ3) is 6.10. The van der Waals surface area contributed by atoms with E-state index in [1.54, 1.807) is 12.3 Å². The molecule has 3 rings (SSSR count). The summed E-state index contributed by atoms with van der Waals surface area (Å²) in [6, 6.07) is 6.95. The summed E-state index contributed by atoms with van der Waals surface area (Å²) in [5.41, 5.74) is -0.926. The zero-order valence-electron chi connectivity index (χ0n) is 15.8. The van der Waals surface area contributed by atoms with Gasteiger partial charge in [-0.05, 0) is 42.5 Å². The molecule has 0 aliphatic carbocycles. The molecular formula is C19H20ClF3N4O2S. The maximum absolute atomic E-state index is 12.9. The molecule has 1 fully saturated rings. The third-order valence-corrected chi connectivity index (χ3v) is 5.31. The lowest BCUT2D eigenvalue weighted by atomic mass is 10.2. The van der Waals surface area contributed by atoms with Gasteiger partial charge < -0.3 is 20.0 Å². The lowest BCUT2D eigenvalue weighted by Gasteiger charge is -2.35. The summed E-state index contributed by atoms with van der Waals surface area (Å²) in [7, 11) is 0. The lowest BCUT2D eigenvalue weighted by Crippen LogP contribution is -2.52. The van der Waals surface area contributed by atoms with E-state index in [0.29, 0.717) is 37.8 Å². The Morgan fingerprint density at radius 2 is 1.93 bits per heavy atom.